The molecule has 8 nitrogen and oxygen atoms in total. The van der Waals surface area contributed by atoms with Gasteiger partial charge in [-0.15, -0.1) is 15.3 Å². The van der Waals surface area contributed by atoms with Gasteiger partial charge in [0.25, 0.3) is 11.7 Å². The molecule has 4 heterocycles. The molecule has 1 saturated heterocycles. The molecule has 4 rings (SSSR count). The highest BCUT2D eigenvalue weighted by Crippen LogP contribution is 2.30. The van der Waals surface area contributed by atoms with Gasteiger partial charge in [0, 0.05) is 24.7 Å². The molecular formula is C18H19F3N6O2. The molecule has 29 heavy (non-hydrogen) atoms. The molecule has 3 aromatic rings. The fourth-order valence-corrected chi connectivity index (χ4v) is 3.42. The van der Waals surface area contributed by atoms with Gasteiger partial charge in [-0.3, -0.25) is 4.79 Å². The van der Waals surface area contributed by atoms with E-state index in [1.54, 1.807) is 30.9 Å². The van der Waals surface area contributed by atoms with Crippen molar-refractivity contribution in [3.8, 4) is 0 Å². The molecule has 0 bridgehead atoms. The average molecular weight is 408 g/mol. The van der Waals surface area contributed by atoms with E-state index in [0.717, 1.165) is 4.52 Å². The van der Waals surface area contributed by atoms with Crippen LogP contribution in [0.25, 0.3) is 5.65 Å². The molecule has 0 aliphatic carbocycles. The van der Waals surface area contributed by atoms with Crippen LogP contribution in [0.3, 0.4) is 0 Å². The maximum absolute atomic E-state index is 13.2. The molecular weight excluding hydrogens is 389 g/mol. The van der Waals surface area contributed by atoms with E-state index in [-0.39, 0.29) is 17.6 Å². The number of hydrogen-bond acceptors (Lipinski definition) is 6. The zero-order valence-corrected chi connectivity index (χ0v) is 15.8. The van der Waals surface area contributed by atoms with Crippen molar-refractivity contribution in [2.45, 2.75) is 38.9 Å². The van der Waals surface area contributed by atoms with Crippen LogP contribution in [0.1, 0.15) is 40.3 Å². The summed E-state index contributed by atoms with van der Waals surface area (Å²) in [5, 5.41) is 14.2. The second kappa shape index (κ2) is 7.05. The molecule has 1 N–H and O–H groups in total. The third kappa shape index (κ3) is 3.52. The SMILES string of the molecule is Cc1c(NC2CCN(C(=O)c3ccco3)CC2)nn2c(C(F)(F)F)nnc2c1C. The number of hydrogen-bond donors (Lipinski definition) is 1. The van der Waals surface area contributed by atoms with E-state index in [4.69, 9.17) is 4.42 Å². The van der Waals surface area contributed by atoms with Crippen LogP contribution in [0.5, 0.6) is 0 Å². The Hall–Kier alpha value is -3.11. The summed E-state index contributed by atoms with van der Waals surface area (Å²) in [7, 11) is 0. The average Bonchev–Trinajstić information content (AvgIpc) is 3.35. The molecule has 1 fully saturated rings. The maximum Gasteiger partial charge on any atom is 0.453 e. The van der Waals surface area contributed by atoms with Crippen molar-refractivity contribution in [1.29, 1.82) is 0 Å². The van der Waals surface area contributed by atoms with Crippen LogP contribution in [0.4, 0.5) is 19.0 Å². The van der Waals surface area contributed by atoms with Crippen LogP contribution in [0.15, 0.2) is 22.8 Å². The first-order valence-corrected chi connectivity index (χ1v) is 9.15. The summed E-state index contributed by atoms with van der Waals surface area (Å²) >= 11 is 0. The number of nitrogens with zero attached hydrogens (tertiary/aromatic N) is 5. The summed E-state index contributed by atoms with van der Waals surface area (Å²) in [5.41, 5.74) is 1.38. The number of carbonyl (C=O) groups is 1. The number of piperidine rings is 1. The summed E-state index contributed by atoms with van der Waals surface area (Å²) in [6.45, 7) is 4.50. The van der Waals surface area contributed by atoms with Crippen molar-refractivity contribution in [2.24, 2.45) is 0 Å². The largest absolute Gasteiger partial charge is 0.459 e. The second-order valence-corrected chi connectivity index (χ2v) is 7.04. The highest BCUT2D eigenvalue weighted by Gasteiger charge is 2.38. The van der Waals surface area contributed by atoms with Crippen molar-refractivity contribution in [2.75, 3.05) is 18.4 Å². The first-order chi connectivity index (χ1) is 13.8. The fraction of sp³-hybridized carbons (Fsp3) is 0.444. The van der Waals surface area contributed by atoms with E-state index >= 15 is 0 Å². The number of anilines is 1. The van der Waals surface area contributed by atoms with Gasteiger partial charge in [-0.1, -0.05) is 0 Å². The van der Waals surface area contributed by atoms with Gasteiger partial charge in [0.1, 0.15) is 0 Å². The highest BCUT2D eigenvalue weighted by atomic mass is 19.4. The van der Waals surface area contributed by atoms with Gasteiger partial charge in [0.05, 0.1) is 6.26 Å². The predicted octanol–water partition coefficient (Wildman–Crippen LogP) is 3.07. The molecule has 11 heteroatoms. The van der Waals surface area contributed by atoms with Crippen LogP contribution < -0.4 is 5.32 Å². The van der Waals surface area contributed by atoms with E-state index in [2.05, 4.69) is 20.6 Å². The van der Waals surface area contributed by atoms with Crippen molar-refractivity contribution >= 4 is 17.4 Å². The van der Waals surface area contributed by atoms with E-state index in [9.17, 15) is 18.0 Å². The Bertz CT molecular complexity index is 1040. The number of alkyl halides is 3. The van der Waals surface area contributed by atoms with Crippen LogP contribution in [-0.2, 0) is 6.18 Å². The molecule has 0 spiro atoms. The standard InChI is InChI=1S/C18H19F3N6O2/c1-10-11(2)15-23-24-17(18(19,20)21)27(15)25-14(10)22-12-5-7-26(8-6-12)16(28)13-4-3-9-29-13/h3-4,9,12H,5-8H2,1-2H3,(H,22,25). The van der Waals surface area contributed by atoms with Crippen LogP contribution in [0.2, 0.25) is 0 Å². The van der Waals surface area contributed by atoms with E-state index in [1.807, 2.05) is 0 Å². The molecule has 1 amide bonds. The summed E-state index contributed by atoms with van der Waals surface area (Å²) in [6.07, 6.45) is -1.92. The Morgan fingerprint density at radius 1 is 1.21 bits per heavy atom. The minimum atomic E-state index is -4.65. The summed E-state index contributed by atoms with van der Waals surface area (Å²) in [5.74, 6) is -0.671. The first kappa shape index (κ1) is 19.2. The number of likely N-dealkylation sites (tertiary alicyclic amines) is 1. The van der Waals surface area contributed by atoms with Gasteiger partial charge < -0.3 is 14.6 Å². The molecule has 0 atom stereocenters. The van der Waals surface area contributed by atoms with Gasteiger partial charge >= 0.3 is 6.18 Å². The third-order valence-electron chi connectivity index (χ3n) is 5.20. The predicted molar refractivity (Wildman–Crippen MR) is 96.5 cm³/mol. The topological polar surface area (TPSA) is 88.6 Å². The Morgan fingerprint density at radius 2 is 1.93 bits per heavy atom. The zero-order chi connectivity index (χ0) is 20.8. The second-order valence-electron chi connectivity index (χ2n) is 7.04. The number of aryl methyl sites for hydroxylation is 1. The number of halogens is 3. The van der Waals surface area contributed by atoms with Crippen molar-refractivity contribution in [3.63, 3.8) is 0 Å². The Labute approximate surface area is 163 Å². The Morgan fingerprint density at radius 3 is 2.55 bits per heavy atom. The van der Waals surface area contributed by atoms with E-state index in [1.165, 1.54) is 6.26 Å². The smallest absolute Gasteiger partial charge is 0.453 e. The zero-order valence-electron chi connectivity index (χ0n) is 15.8. The van der Waals surface area contributed by atoms with Crippen molar-refractivity contribution in [1.82, 2.24) is 24.7 Å². The Balaban J connectivity index is 1.51. The molecule has 1 aliphatic rings. The number of nitrogens with one attached hydrogen (secondary N) is 1. The van der Waals surface area contributed by atoms with Crippen LogP contribution in [-0.4, -0.2) is 49.7 Å². The van der Waals surface area contributed by atoms with E-state index < -0.39 is 12.0 Å². The molecule has 154 valence electrons. The number of carbonyl (C=O) groups excluding carboxylic acids is 1. The minimum absolute atomic E-state index is 0.0236. The summed E-state index contributed by atoms with van der Waals surface area (Å²) in [6, 6.07) is 3.26. The Kier molecular flexibility index (Phi) is 4.67. The van der Waals surface area contributed by atoms with E-state index in [0.29, 0.717) is 48.6 Å². The molecule has 0 radical (unpaired) electrons. The van der Waals surface area contributed by atoms with Gasteiger partial charge in [-0.25, -0.2) is 0 Å². The lowest BCUT2D eigenvalue weighted by Gasteiger charge is -2.32. The monoisotopic (exact) mass is 408 g/mol. The maximum atomic E-state index is 13.2. The quantitative estimate of drug-likeness (QED) is 0.717. The molecule has 0 unspecified atom stereocenters. The van der Waals surface area contributed by atoms with Crippen LogP contribution in [0, 0.1) is 13.8 Å². The van der Waals surface area contributed by atoms with Gasteiger partial charge in [-0.2, -0.15) is 17.7 Å². The number of fused-ring (bicyclic) bond motifs is 1. The van der Waals surface area contributed by atoms with Crippen molar-refractivity contribution < 1.29 is 22.4 Å². The minimum Gasteiger partial charge on any atom is -0.459 e. The lowest BCUT2D eigenvalue weighted by Crippen LogP contribution is -2.42. The first-order valence-electron chi connectivity index (χ1n) is 9.15. The molecule has 0 saturated carbocycles. The summed E-state index contributed by atoms with van der Waals surface area (Å²) in [4.78, 5) is 14.1. The summed E-state index contributed by atoms with van der Waals surface area (Å²) < 4.78 is 45.4. The van der Waals surface area contributed by atoms with Crippen LogP contribution >= 0.6 is 0 Å². The van der Waals surface area contributed by atoms with Gasteiger partial charge in [0.15, 0.2) is 17.2 Å². The lowest BCUT2D eigenvalue weighted by molar-refractivity contribution is -0.146. The lowest BCUT2D eigenvalue weighted by atomic mass is 10.0. The third-order valence-corrected chi connectivity index (χ3v) is 5.20. The molecule has 0 aromatic carbocycles. The number of amides is 1. The van der Waals surface area contributed by atoms with Gasteiger partial charge in [0.2, 0.25) is 0 Å². The normalized spacial score (nSPS) is 15.8. The molecule has 3 aromatic heterocycles. The number of aromatic nitrogens is 4. The highest BCUT2D eigenvalue weighted by molar-refractivity contribution is 5.91. The fourth-order valence-electron chi connectivity index (χ4n) is 3.42. The number of rotatable bonds is 3. The van der Waals surface area contributed by atoms with Gasteiger partial charge in [-0.05, 0) is 44.4 Å². The number of furan rings is 1. The van der Waals surface area contributed by atoms with Crippen molar-refractivity contribution in [3.05, 3.63) is 41.1 Å². The molecule has 1 aliphatic heterocycles.